The number of carbonyl (C=O) groups excluding carboxylic acids is 2. The topological polar surface area (TPSA) is 111 Å². The summed E-state index contributed by atoms with van der Waals surface area (Å²) >= 11 is 0. The molecule has 1 unspecified atom stereocenters. The number of rotatable bonds is 9. The number of nitrogens with zero attached hydrogens (tertiary/aromatic N) is 1. The molecular weight excluding hydrogens is 470 g/mol. The van der Waals surface area contributed by atoms with E-state index in [0.717, 1.165) is 22.8 Å². The molecule has 0 aliphatic rings. The van der Waals surface area contributed by atoms with Crippen LogP contribution in [0.15, 0.2) is 103 Å². The first-order valence-electron chi connectivity index (χ1n) is 11.6. The molecule has 0 radical (unpaired) electrons. The van der Waals surface area contributed by atoms with Crippen LogP contribution in [-0.4, -0.2) is 22.9 Å². The zero-order valence-electron chi connectivity index (χ0n) is 20.1. The van der Waals surface area contributed by atoms with Gasteiger partial charge in [0, 0.05) is 35.6 Å². The number of nitro benzene ring substituents is 1. The summed E-state index contributed by atoms with van der Waals surface area (Å²) in [6.07, 6.45) is -1.16. The van der Waals surface area contributed by atoms with E-state index >= 15 is 0 Å². The number of esters is 1. The number of non-ortho nitro benzene ring substituents is 1. The molecule has 37 heavy (non-hydrogen) atoms. The third-order valence-electron chi connectivity index (χ3n) is 5.68. The van der Waals surface area contributed by atoms with E-state index in [1.165, 1.54) is 19.1 Å². The first kappa shape index (κ1) is 25.1. The van der Waals surface area contributed by atoms with Gasteiger partial charge in [0.1, 0.15) is 0 Å². The van der Waals surface area contributed by atoms with Crippen LogP contribution in [0.5, 0.6) is 0 Å². The Balaban J connectivity index is 1.50. The molecule has 0 aliphatic carbocycles. The summed E-state index contributed by atoms with van der Waals surface area (Å²) in [6.45, 7) is 1.85. The van der Waals surface area contributed by atoms with Gasteiger partial charge in [-0.1, -0.05) is 78.9 Å². The summed E-state index contributed by atoms with van der Waals surface area (Å²) in [5.41, 5.74) is 3.35. The van der Waals surface area contributed by atoms with E-state index in [4.69, 9.17) is 4.74 Å². The monoisotopic (exact) mass is 495 g/mol. The summed E-state index contributed by atoms with van der Waals surface area (Å²) in [4.78, 5) is 36.7. The second kappa shape index (κ2) is 11.6. The van der Waals surface area contributed by atoms with Crippen molar-refractivity contribution in [3.05, 3.63) is 124 Å². The van der Waals surface area contributed by atoms with Crippen molar-refractivity contribution >= 4 is 28.9 Å². The minimum absolute atomic E-state index is 0.0329. The highest BCUT2D eigenvalue weighted by Crippen LogP contribution is 2.28. The Morgan fingerprint density at radius 2 is 1.51 bits per heavy atom. The third-order valence-corrected chi connectivity index (χ3v) is 5.68. The van der Waals surface area contributed by atoms with Crippen molar-refractivity contribution < 1.29 is 19.2 Å². The Kier molecular flexibility index (Phi) is 7.90. The Morgan fingerprint density at radius 3 is 2.22 bits per heavy atom. The number of hydrogen-bond donors (Lipinski definition) is 2. The average molecular weight is 496 g/mol. The first-order valence-corrected chi connectivity index (χ1v) is 11.6. The number of para-hydroxylation sites is 1. The highest BCUT2D eigenvalue weighted by atomic mass is 16.6. The van der Waals surface area contributed by atoms with Crippen LogP contribution >= 0.6 is 0 Å². The van der Waals surface area contributed by atoms with Gasteiger partial charge in [0.25, 0.3) is 11.6 Å². The van der Waals surface area contributed by atoms with Crippen molar-refractivity contribution in [2.75, 3.05) is 10.6 Å². The SMILES string of the molecule is CC(OC(=O)c1cc([N+](=O)[O-])ccc1NCc1ccccc1)C(=O)Nc1ccccc1-c1ccccc1. The van der Waals surface area contributed by atoms with Gasteiger partial charge in [-0.2, -0.15) is 0 Å². The molecule has 4 rings (SSSR count). The van der Waals surface area contributed by atoms with Gasteiger partial charge in [-0.15, -0.1) is 0 Å². The Hall–Kier alpha value is -4.98. The average Bonchev–Trinajstić information content (AvgIpc) is 2.93. The molecule has 8 heteroatoms. The molecule has 0 aromatic heterocycles. The molecule has 4 aromatic carbocycles. The predicted molar refractivity (Wildman–Crippen MR) is 142 cm³/mol. The lowest BCUT2D eigenvalue weighted by Crippen LogP contribution is -2.30. The van der Waals surface area contributed by atoms with Crippen LogP contribution in [0.1, 0.15) is 22.8 Å². The Labute approximate surface area is 214 Å². The zero-order valence-corrected chi connectivity index (χ0v) is 20.1. The molecule has 0 bridgehead atoms. The highest BCUT2D eigenvalue weighted by molar-refractivity contribution is 6.01. The maximum absolute atomic E-state index is 13.0. The van der Waals surface area contributed by atoms with Gasteiger partial charge < -0.3 is 15.4 Å². The van der Waals surface area contributed by atoms with Gasteiger partial charge in [-0.05, 0) is 30.2 Å². The fraction of sp³-hybridized carbons (Fsp3) is 0.103. The normalized spacial score (nSPS) is 11.3. The summed E-state index contributed by atoms with van der Waals surface area (Å²) in [5.74, 6) is -1.38. The van der Waals surface area contributed by atoms with Crippen molar-refractivity contribution in [3.63, 3.8) is 0 Å². The first-order chi connectivity index (χ1) is 17.9. The van der Waals surface area contributed by atoms with Crippen LogP contribution in [0.2, 0.25) is 0 Å². The molecule has 2 N–H and O–H groups in total. The molecular formula is C29H25N3O5. The lowest BCUT2D eigenvalue weighted by atomic mass is 10.0. The smallest absolute Gasteiger partial charge is 0.341 e. The van der Waals surface area contributed by atoms with Crippen molar-refractivity contribution in [2.45, 2.75) is 19.6 Å². The molecule has 1 amide bonds. The van der Waals surface area contributed by atoms with Crippen LogP contribution in [-0.2, 0) is 16.1 Å². The van der Waals surface area contributed by atoms with E-state index < -0.39 is 22.9 Å². The Morgan fingerprint density at radius 1 is 0.865 bits per heavy atom. The number of carbonyl (C=O) groups is 2. The third kappa shape index (κ3) is 6.37. The van der Waals surface area contributed by atoms with Crippen molar-refractivity contribution in [2.24, 2.45) is 0 Å². The predicted octanol–water partition coefficient (Wildman–Crippen LogP) is 6.06. The molecule has 1 atom stereocenters. The molecule has 186 valence electrons. The molecule has 0 fully saturated rings. The number of amides is 1. The minimum Gasteiger partial charge on any atom is -0.449 e. The van der Waals surface area contributed by atoms with Crippen molar-refractivity contribution in [1.82, 2.24) is 0 Å². The quantitative estimate of drug-likeness (QED) is 0.166. The number of ether oxygens (including phenoxy) is 1. The van der Waals surface area contributed by atoms with Gasteiger partial charge in [0.05, 0.1) is 10.5 Å². The van der Waals surface area contributed by atoms with Gasteiger partial charge in [0.2, 0.25) is 0 Å². The highest BCUT2D eigenvalue weighted by Gasteiger charge is 2.24. The fourth-order valence-electron chi connectivity index (χ4n) is 3.74. The number of nitrogens with one attached hydrogen (secondary N) is 2. The maximum atomic E-state index is 13.0. The van der Waals surface area contributed by atoms with Crippen LogP contribution in [0.25, 0.3) is 11.1 Å². The molecule has 0 saturated heterocycles. The number of benzene rings is 4. The molecule has 0 heterocycles. The maximum Gasteiger partial charge on any atom is 0.341 e. The number of nitro groups is 1. The lowest BCUT2D eigenvalue weighted by Gasteiger charge is -2.17. The second-order valence-corrected chi connectivity index (χ2v) is 8.27. The van der Waals surface area contributed by atoms with Crippen molar-refractivity contribution in [1.29, 1.82) is 0 Å². The van der Waals surface area contributed by atoms with Crippen LogP contribution in [0, 0.1) is 10.1 Å². The molecule has 0 spiro atoms. The fourth-order valence-corrected chi connectivity index (χ4v) is 3.74. The Bertz CT molecular complexity index is 1410. The standard InChI is InChI=1S/C29H25N3O5/c1-20(28(33)31-27-15-9-8-14-24(27)22-12-6-3-7-13-22)37-29(34)25-18-23(32(35)36)16-17-26(25)30-19-21-10-4-2-5-11-21/h2-18,20,30H,19H2,1H3,(H,31,33). The van der Waals surface area contributed by atoms with E-state index in [1.807, 2.05) is 72.8 Å². The molecule has 0 saturated carbocycles. The van der Waals surface area contributed by atoms with Crippen LogP contribution < -0.4 is 10.6 Å². The largest absolute Gasteiger partial charge is 0.449 e. The summed E-state index contributed by atoms with van der Waals surface area (Å²) in [6, 6.07) is 30.3. The summed E-state index contributed by atoms with van der Waals surface area (Å²) < 4.78 is 5.43. The van der Waals surface area contributed by atoms with E-state index in [9.17, 15) is 19.7 Å². The minimum atomic E-state index is -1.16. The molecule has 0 aliphatic heterocycles. The van der Waals surface area contributed by atoms with Crippen LogP contribution in [0.4, 0.5) is 17.1 Å². The van der Waals surface area contributed by atoms with Gasteiger partial charge >= 0.3 is 5.97 Å². The summed E-state index contributed by atoms with van der Waals surface area (Å²) in [5, 5.41) is 17.3. The lowest BCUT2D eigenvalue weighted by molar-refractivity contribution is -0.384. The van der Waals surface area contributed by atoms with E-state index in [-0.39, 0.29) is 11.3 Å². The second-order valence-electron chi connectivity index (χ2n) is 8.27. The van der Waals surface area contributed by atoms with E-state index in [2.05, 4.69) is 10.6 Å². The summed E-state index contributed by atoms with van der Waals surface area (Å²) in [7, 11) is 0. The van der Waals surface area contributed by atoms with E-state index in [0.29, 0.717) is 17.9 Å². The zero-order chi connectivity index (χ0) is 26.2. The van der Waals surface area contributed by atoms with Gasteiger partial charge in [-0.25, -0.2) is 4.79 Å². The van der Waals surface area contributed by atoms with Gasteiger partial charge in [0.15, 0.2) is 6.10 Å². The van der Waals surface area contributed by atoms with E-state index in [1.54, 1.807) is 12.1 Å². The molecule has 4 aromatic rings. The molecule has 8 nitrogen and oxygen atoms in total. The van der Waals surface area contributed by atoms with Crippen LogP contribution in [0.3, 0.4) is 0 Å². The number of anilines is 2. The van der Waals surface area contributed by atoms with Gasteiger partial charge in [-0.3, -0.25) is 14.9 Å². The number of hydrogen-bond acceptors (Lipinski definition) is 6. The van der Waals surface area contributed by atoms with Crippen molar-refractivity contribution in [3.8, 4) is 11.1 Å².